The maximum Gasteiger partial charge on any atom is 0.336 e. The molecule has 1 aromatic carbocycles. The summed E-state index contributed by atoms with van der Waals surface area (Å²) in [5, 5.41) is 10.9. The van der Waals surface area contributed by atoms with Gasteiger partial charge >= 0.3 is 5.63 Å². The first-order valence-electron chi connectivity index (χ1n) is 5.99. The van der Waals surface area contributed by atoms with E-state index >= 15 is 0 Å². The van der Waals surface area contributed by atoms with Crippen LogP contribution in [0.25, 0.3) is 11.0 Å². The largest absolute Gasteiger partial charge is 0.496 e. The van der Waals surface area contributed by atoms with Crippen LogP contribution >= 0.6 is 0 Å². The van der Waals surface area contributed by atoms with Crippen molar-refractivity contribution in [3.05, 3.63) is 51.9 Å². The zero-order chi connectivity index (χ0) is 14.7. The smallest absolute Gasteiger partial charge is 0.336 e. The van der Waals surface area contributed by atoms with E-state index in [-0.39, 0.29) is 5.58 Å². The van der Waals surface area contributed by atoms with Crippen LogP contribution < -0.4 is 10.4 Å². The Balaban J connectivity index is 2.73. The number of benzene rings is 1. The third-order valence-electron chi connectivity index (χ3n) is 2.91. The van der Waals surface area contributed by atoms with Gasteiger partial charge in [0.15, 0.2) is 0 Å². The average molecular weight is 274 g/mol. The summed E-state index contributed by atoms with van der Waals surface area (Å²) in [7, 11) is 1.45. The van der Waals surface area contributed by atoms with Gasteiger partial charge in [-0.05, 0) is 36.8 Å². The van der Waals surface area contributed by atoms with E-state index in [4.69, 9.17) is 9.15 Å². The van der Waals surface area contributed by atoms with Crippen molar-refractivity contribution in [1.82, 2.24) is 0 Å². The Labute approximate surface area is 115 Å². The van der Waals surface area contributed by atoms with Gasteiger partial charge in [-0.3, -0.25) is 4.79 Å². The SMILES string of the molecule is COc1ccc2ccc(=O)oc2c1[C@@H](O)C=C(C)C=O. The highest BCUT2D eigenvalue weighted by Crippen LogP contribution is 2.33. The molecule has 20 heavy (non-hydrogen) atoms. The molecule has 104 valence electrons. The molecule has 1 heterocycles. The molecule has 1 N–H and O–H groups in total. The Morgan fingerprint density at radius 2 is 2.05 bits per heavy atom. The Morgan fingerprint density at radius 3 is 2.70 bits per heavy atom. The summed E-state index contributed by atoms with van der Waals surface area (Å²) in [5.41, 5.74) is 0.424. The summed E-state index contributed by atoms with van der Waals surface area (Å²) >= 11 is 0. The van der Waals surface area contributed by atoms with Gasteiger partial charge in [-0.2, -0.15) is 0 Å². The molecule has 0 radical (unpaired) electrons. The summed E-state index contributed by atoms with van der Waals surface area (Å²) in [4.78, 5) is 22.0. The van der Waals surface area contributed by atoms with Crippen molar-refractivity contribution in [2.45, 2.75) is 13.0 Å². The molecule has 0 saturated carbocycles. The minimum atomic E-state index is -1.11. The molecule has 2 aromatic rings. The van der Waals surface area contributed by atoms with Crippen molar-refractivity contribution in [1.29, 1.82) is 0 Å². The third-order valence-corrected chi connectivity index (χ3v) is 2.91. The van der Waals surface area contributed by atoms with E-state index in [1.807, 2.05) is 0 Å². The molecule has 2 rings (SSSR count). The lowest BCUT2D eigenvalue weighted by Gasteiger charge is -2.13. The molecule has 0 amide bonds. The quantitative estimate of drug-likeness (QED) is 0.524. The number of fused-ring (bicyclic) bond motifs is 1. The van der Waals surface area contributed by atoms with Crippen molar-refractivity contribution in [2.75, 3.05) is 7.11 Å². The zero-order valence-electron chi connectivity index (χ0n) is 11.1. The van der Waals surface area contributed by atoms with Gasteiger partial charge in [0.2, 0.25) is 0 Å². The molecule has 0 aliphatic rings. The minimum absolute atomic E-state index is 0.249. The molecule has 0 fully saturated rings. The van der Waals surface area contributed by atoms with Gasteiger partial charge in [0.25, 0.3) is 0 Å². The number of rotatable bonds is 4. The topological polar surface area (TPSA) is 76.7 Å². The van der Waals surface area contributed by atoms with Crippen LogP contribution in [-0.4, -0.2) is 18.5 Å². The Kier molecular flexibility index (Phi) is 4.00. The highest BCUT2D eigenvalue weighted by Gasteiger charge is 2.17. The number of methoxy groups -OCH3 is 1. The molecule has 5 heteroatoms. The van der Waals surface area contributed by atoms with E-state index in [0.29, 0.717) is 28.6 Å². The molecule has 0 bridgehead atoms. The number of allylic oxidation sites excluding steroid dienone is 1. The predicted octanol–water partition coefficient (Wildman–Crippen LogP) is 1.98. The van der Waals surface area contributed by atoms with Crippen LogP contribution in [0, 0.1) is 0 Å². The van der Waals surface area contributed by atoms with Gasteiger partial charge in [0.1, 0.15) is 23.7 Å². The van der Waals surface area contributed by atoms with E-state index in [2.05, 4.69) is 0 Å². The van der Waals surface area contributed by atoms with Crippen LogP contribution in [0.4, 0.5) is 0 Å². The van der Waals surface area contributed by atoms with Gasteiger partial charge in [-0.1, -0.05) is 0 Å². The van der Waals surface area contributed by atoms with Crippen molar-refractivity contribution >= 4 is 17.3 Å². The van der Waals surface area contributed by atoms with E-state index in [1.165, 1.54) is 19.3 Å². The number of ether oxygens (including phenoxy) is 1. The molecule has 1 atom stereocenters. The van der Waals surface area contributed by atoms with E-state index < -0.39 is 11.7 Å². The van der Waals surface area contributed by atoms with E-state index in [1.54, 1.807) is 25.1 Å². The Bertz CT molecular complexity index is 727. The normalized spacial score (nSPS) is 13.2. The van der Waals surface area contributed by atoms with Crippen LogP contribution in [0.15, 0.2) is 45.1 Å². The second-order valence-corrected chi connectivity index (χ2v) is 4.33. The van der Waals surface area contributed by atoms with Crippen molar-refractivity contribution in [3.8, 4) is 5.75 Å². The van der Waals surface area contributed by atoms with Gasteiger partial charge in [-0.25, -0.2) is 4.79 Å². The fraction of sp³-hybridized carbons (Fsp3) is 0.200. The van der Waals surface area contributed by atoms with Crippen molar-refractivity contribution in [2.24, 2.45) is 0 Å². The predicted molar refractivity (Wildman–Crippen MR) is 73.8 cm³/mol. The van der Waals surface area contributed by atoms with Gasteiger partial charge in [0.05, 0.1) is 12.7 Å². The van der Waals surface area contributed by atoms with Crippen LogP contribution in [0.5, 0.6) is 5.75 Å². The summed E-state index contributed by atoms with van der Waals surface area (Å²) < 4.78 is 10.3. The number of aliphatic hydroxyl groups excluding tert-OH is 1. The second kappa shape index (κ2) is 5.71. The molecule has 0 unspecified atom stereocenters. The van der Waals surface area contributed by atoms with Gasteiger partial charge in [0, 0.05) is 11.5 Å². The molecule has 0 aliphatic heterocycles. The number of carbonyl (C=O) groups excluding carboxylic acids is 1. The summed E-state index contributed by atoms with van der Waals surface area (Å²) in [6.45, 7) is 1.57. The number of hydrogen-bond acceptors (Lipinski definition) is 5. The van der Waals surface area contributed by atoms with Crippen LogP contribution in [0.2, 0.25) is 0 Å². The number of hydrogen-bond donors (Lipinski definition) is 1. The summed E-state index contributed by atoms with van der Waals surface area (Å²) in [6.07, 6.45) is 0.901. The highest BCUT2D eigenvalue weighted by atomic mass is 16.5. The van der Waals surface area contributed by atoms with Gasteiger partial charge in [-0.15, -0.1) is 0 Å². The first-order chi connectivity index (χ1) is 9.56. The lowest BCUT2D eigenvalue weighted by Crippen LogP contribution is -2.03. The standard InChI is InChI=1S/C15H14O5/c1-9(8-16)7-11(17)14-12(19-2)5-3-10-4-6-13(18)20-15(10)14/h3-8,11,17H,1-2H3/t11-/m0/s1. The third kappa shape index (κ3) is 2.62. The fourth-order valence-corrected chi connectivity index (χ4v) is 1.97. The van der Waals surface area contributed by atoms with Crippen LogP contribution in [-0.2, 0) is 4.79 Å². The molecular formula is C15H14O5. The second-order valence-electron chi connectivity index (χ2n) is 4.33. The van der Waals surface area contributed by atoms with E-state index in [9.17, 15) is 14.7 Å². The first-order valence-corrected chi connectivity index (χ1v) is 5.99. The van der Waals surface area contributed by atoms with Crippen LogP contribution in [0.1, 0.15) is 18.6 Å². The summed E-state index contributed by atoms with van der Waals surface area (Å²) in [5.74, 6) is 0.384. The van der Waals surface area contributed by atoms with Gasteiger partial charge < -0.3 is 14.3 Å². The molecule has 5 nitrogen and oxygen atoms in total. The number of aldehydes is 1. The Morgan fingerprint density at radius 1 is 1.35 bits per heavy atom. The maximum atomic E-state index is 11.4. The fourth-order valence-electron chi connectivity index (χ4n) is 1.97. The van der Waals surface area contributed by atoms with Crippen molar-refractivity contribution in [3.63, 3.8) is 0 Å². The van der Waals surface area contributed by atoms with Crippen molar-refractivity contribution < 1.29 is 19.1 Å². The first kappa shape index (κ1) is 14.0. The molecule has 0 saturated heterocycles. The monoisotopic (exact) mass is 274 g/mol. The van der Waals surface area contributed by atoms with Crippen LogP contribution in [0.3, 0.4) is 0 Å². The molecule has 0 aliphatic carbocycles. The molecular weight excluding hydrogens is 260 g/mol. The minimum Gasteiger partial charge on any atom is -0.496 e. The average Bonchev–Trinajstić information content (AvgIpc) is 2.45. The molecule has 1 aromatic heterocycles. The molecule has 0 spiro atoms. The summed E-state index contributed by atoms with van der Waals surface area (Å²) in [6, 6.07) is 6.30. The lowest BCUT2D eigenvalue weighted by molar-refractivity contribution is -0.104. The number of aliphatic hydroxyl groups is 1. The maximum absolute atomic E-state index is 11.4. The number of carbonyl (C=O) groups is 1. The highest BCUT2D eigenvalue weighted by molar-refractivity contribution is 5.83. The Hall–Kier alpha value is -2.40. The van der Waals surface area contributed by atoms with E-state index in [0.717, 1.165) is 0 Å². The zero-order valence-corrected chi connectivity index (χ0v) is 11.1. The lowest BCUT2D eigenvalue weighted by atomic mass is 10.0.